The van der Waals surface area contributed by atoms with E-state index in [2.05, 4.69) is 15.2 Å². The fourth-order valence-corrected chi connectivity index (χ4v) is 2.87. The van der Waals surface area contributed by atoms with E-state index in [9.17, 15) is 9.18 Å². The number of piperidine rings is 1. The van der Waals surface area contributed by atoms with Crippen molar-refractivity contribution in [2.75, 3.05) is 25.0 Å². The number of carbonyl (C=O) groups excluding carboxylic acids is 1. The molecule has 0 bridgehead atoms. The van der Waals surface area contributed by atoms with Gasteiger partial charge >= 0.3 is 0 Å². The predicted molar refractivity (Wildman–Crippen MR) is 94.1 cm³/mol. The van der Waals surface area contributed by atoms with Gasteiger partial charge in [-0.25, -0.2) is 4.39 Å². The Bertz CT molecular complexity index is 716. The van der Waals surface area contributed by atoms with Gasteiger partial charge in [-0.15, -0.1) is 0 Å². The molecule has 0 aliphatic carbocycles. The number of halogens is 1. The van der Waals surface area contributed by atoms with Crippen molar-refractivity contribution in [2.45, 2.75) is 25.9 Å². The Morgan fingerprint density at radius 1 is 1.36 bits per heavy atom. The second-order valence-corrected chi connectivity index (χ2v) is 6.29. The topological polar surface area (TPSA) is 54.5 Å². The molecular weight excluding hydrogens is 321 g/mol. The fraction of sp³-hybridized carbons (Fsp3) is 0.368. The van der Waals surface area contributed by atoms with Crippen molar-refractivity contribution in [1.82, 2.24) is 9.88 Å². The number of hydrogen-bond acceptors (Lipinski definition) is 4. The van der Waals surface area contributed by atoms with Crippen molar-refractivity contribution < 1.29 is 13.9 Å². The van der Waals surface area contributed by atoms with Crippen LogP contribution in [0.2, 0.25) is 0 Å². The molecule has 2 aromatic rings. The number of nitrogens with one attached hydrogen (secondary N) is 1. The Labute approximate surface area is 146 Å². The molecule has 1 N–H and O–H groups in total. The highest BCUT2D eigenvalue weighted by atomic mass is 19.1. The molecule has 0 saturated carbocycles. The molecule has 3 rings (SSSR count). The maximum absolute atomic E-state index is 13.5. The lowest BCUT2D eigenvalue weighted by Crippen LogP contribution is -2.42. The van der Waals surface area contributed by atoms with Crippen LogP contribution in [-0.2, 0) is 4.79 Å². The number of benzene rings is 1. The molecule has 1 saturated heterocycles. The highest BCUT2D eigenvalue weighted by molar-refractivity contribution is 5.92. The molecule has 25 heavy (non-hydrogen) atoms. The number of aryl methyl sites for hydroxylation is 1. The Balaban J connectivity index is 1.43. The maximum Gasteiger partial charge on any atom is 0.238 e. The fourth-order valence-electron chi connectivity index (χ4n) is 2.87. The van der Waals surface area contributed by atoms with Gasteiger partial charge in [-0.3, -0.25) is 14.7 Å². The van der Waals surface area contributed by atoms with Gasteiger partial charge in [-0.2, -0.15) is 0 Å². The number of carbonyl (C=O) groups is 1. The van der Waals surface area contributed by atoms with E-state index >= 15 is 0 Å². The second-order valence-electron chi connectivity index (χ2n) is 6.29. The van der Waals surface area contributed by atoms with E-state index in [0.717, 1.165) is 31.7 Å². The maximum atomic E-state index is 13.5. The summed E-state index contributed by atoms with van der Waals surface area (Å²) in [6.07, 6.45) is 5.30. The van der Waals surface area contributed by atoms with Gasteiger partial charge in [0.2, 0.25) is 5.91 Å². The van der Waals surface area contributed by atoms with E-state index in [1.807, 2.05) is 12.1 Å². The van der Waals surface area contributed by atoms with Crippen LogP contribution in [0.4, 0.5) is 10.1 Å². The number of aromatic nitrogens is 1. The third kappa shape index (κ3) is 5.00. The van der Waals surface area contributed by atoms with E-state index in [-0.39, 0.29) is 17.8 Å². The summed E-state index contributed by atoms with van der Waals surface area (Å²) in [6.45, 7) is 3.58. The summed E-state index contributed by atoms with van der Waals surface area (Å²) in [4.78, 5) is 18.3. The van der Waals surface area contributed by atoms with Crippen LogP contribution in [0.5, 0.6) is 5.75 Å². The molecular formula is C19H22FN3O2. The standard InChI is InChI=1S/C19H22FN3O2/c1-14-4-5-15(11-18(14)20)22-19(24)13-23-9-6-16(7-10-23)25-17-3-2-8-21-12-17/h2-5,8,11-12,16H,6-7,9-10,13H2,1H3,(H,22,24). The van der Waals surface area contributed by atoms with Crippen LogP contribution in [0.25, 0.3) is 0 Å². The SMILES string of the molecule is Cc1ccc(NC(=O)CN2CCC(Oc3cccnc3)CC2)cc1F. The van der Waals surface area contributed by atoms with Crippen LogP contribution in [0.15, 0.2) is 42.7 Å². The monoisotopic (exact) mass is 343 g/mol. The molecule has 2 heterocycles. The van der Waals surface area contributed by atoms with Crippen molar-refractivity contribution in [1.29, 1.82) is 0 Å². The van der Waals surface area contributed by atoms with Gasteiger partial charge in [0.15, 0.2) is 0 Å². The minimum absolute atomic E-state index is 0.130. The van der Waals surface area contributed by atoms with Crippen LogP contribution in [0, 0.1) is 12.7 Å². The first-order valence-corrected chi connectivity index (χ1v) is 8.45. The summed E-state index contributed by atoms with van der Waals surface area (Å²) in [5.41, 5.74) is 1.05. The molecule has 1 aliphatic heterocycles. The second kappa shape index (κ2) is 8.07. The van der Waals surface area contributed by atoms with E-state index in [1.54, 1.807) is 31.5 Å². The van der Waals surface area contributed by atoms with Crippen LogP contribution in [0.3, 0.4) is 0 Å². The molecule has 1 aromatic carbocycles. The summed E-state index contributed by atoms with van der Waals surface area (Å²) < 4.78 is 19.4. The summed E-state index contributed by atoms with van der Waals surface area (Å²) in [6, 6.07) is 8.47. The van der Waals surface area contributed by atoms with E-state index in [0.29, 0.717) is 17.8 Å². The lowest BCUT2D eigenvalue weighted by Gasteiger charge is -2.31. The normalized spacial score (nSPS) is 15.8. The first kappa shape index (κ1) is 17.4. The summed E-state index contributed by atoms with van der Waals surface area (Å²) in [5.74, 6) is 0.334. The molecule has 0 spiro atoms. The Morgan fingerprint density at radius 2 is 2.16 bits per heavy atom. The van der Waals surface area contributed by atoms with Gasteiger partial charge in [-0.1, -0.05) is 6.07 Å². The van der Waals surface area contributed by atoms with Gasteiger partial charge in [0.1, 0.15) is 17.7 Å². The van der Waals surface area contributed by atoms with Crippen molar-refractivity contribution >= 4 is 11.6 Å². The van der Waals surface area contributed by atoms with E-state index in [4.69, 9.17) is 4.74 Å². The lowest BCUT2D eigenvalue weighted by molar-refractivity contribution is -0.117. The zero-order valence-electron chi connectivity index (χ0n) is 14.2. The Hall–Kier alpha value is -2.47. The van der Waals surface area contributed by atoms with Gasteiger partial charge in [0.05, 0.1) is 12.7 Å². The number of hydrogen-bond donors (Lipinski definition) is 1. The summed E-state index contributed by atoms with van der Waals surface area (Å²) in [7, 11) is 0. The van der Waals surface area contributed by atoms with Gasteiger partial charge in [0, 0.05) is 25.0 Å². The number of anilines is 1. The highest BCUT2D eigenvalue weighted by Crippen LogP contribution is 2.18. The van der Waals surface area contributed by atoms with Gasteiger partial charge in [-0.05, 0) is 49.6 Å². The van der Waals surface area contributed by atoms with Crippen molar-refractivity contribution in [2.24, 2.45) is 0 Å². The third-order valence-electron chi connectivity index (χ3n) is 4.29. The zero-order chi connectivity index (χ0) is 17.6. The molecule has 6 heteroatoms. The number of rotatable bonds is 5. The summed E-state index contributed by atoms with van der Waals surface area (Å²) >= 11 is 0. The minimum atomic E-state index is -0.314. The third-order valence-corrected chi connectivity index (χ3v) is 4.29. The van der Waals surface area contributed by atoms with Gasteiger partial charge < -0.3 is 10.1 Å². The molecule has 0 unspecified atom stereocenters. The van der Waals surface area contributed by atoms with Gasteiger partial charge in [0.25, 0.3) is 0 Å². The molecule has 0 radical (unpaired) electrons. The molecule has 0 atom stereocenters. The number of amides is 1. The van der Waals surface area contributed by atoms with Crippen LogP contribution in [-0.4, -0.2) is 41.5 Å². The Morgan fingerprint density at radius 3 is 2.84 bits per heavy atom. The van der Waals surface area contributed by atoms with Crippen molar-refractivity contribution in [3.63, 3.8) is 0 Å². The lowest BCUT2D eigenvalue weighted by atomic mass is 10.1. The molecule has 1 aromatic heterocycles. The first-order valence-electron chi connectivity index (χ1n) is 8.45. The van der Waals surface area contributed by atoms with Crippen LogP contribution >= 0.6 is 0 Å². The largest absolute Gasteiger partial charge is 0.489 e. The predicted octanol–water partition coefficient (Wildman–Crippen LogP) is 3.01. The number of likely N-dealkylation sites (tertiary alicyclic amines) is 1. The molecule has 5 nitrogen and oxygen atoms in total. The highest BCUT2D eigenvalue weighted by Gasteiger charge is 2.22. The average Bonchev–Trinajstić information content (AvgIpc) is 2.61. The number of nitrogens with zero attached hydrogens (tertiary/aromatic N) is 2. The number of pyridine rings is 1. The number of ether oxygens (including phenoxy) is 1. The van der Waals surface area contributed by atoms with E-state index < -0.39 is 0 Å². The smallest absolute Gasteiger partial charge is 0.238 e. The van der Waals surface area contributed by atoms with Crippen LogP contribution in [0.1, 0.15) is 18.4 Å². The molecule has 1 amide bonds. The quantitative estimate of drug-likeness (QED) is 0.907. The van der Waals surface area contributed by atoms with Crippen molar-refractivity contribution in [3.8, 4) is 5.75 Å². The van der Waals surface area contributed by atoms with Crippen molar-refractivity contribution in [3.05, 3.63) is 54.1 Å². The minimum Gasteiger partial charge on any atom is -0.489 e. The van der Waals surface area contributed by atoms with E-state index in [1.165, 1.54) is 6.07 Å². The molecule has 132 valence electrons. The molecule has 1 fully saturated rings. The summed E-state index contributed by atoms with van der Waals surface area (Å²) in [5, 5.41) is 2.75. The average molecular weight is 343 g/mol. The zero-order valence-corrected chi connectivity index (χ0v) is 14.2. The molecule has 1 aliphatic rings. The Kier molecular flexibility index (Phi) is 5.60. The first-order chi connectivity index (χ1) is 12.1. The van der Waals surface area contributed by atoms with Crippen LogP contribution < -0.4 is 10.1 Å².